The van der Waals surface area contributed by atoms with Gasteiger partial charge in [-0.15, -0.1) is 0 Å². The fraction of sp³-hybridized carbons (Fsp3) is 0.100. The molecule has 0 aromatic heterocycles. The number of nitrogen functional groups attached to an aromatic ring is 2. The molecule has 0 amide bonds. The molecule has 4 nitrogen and oxygen atoms in total. The smallest absolute Gasteiger partial charge is 0.422 e. The van der Waals surface area contributed by atoms with Crippen molar-refractivity contribution < 1.29 is 57.8 Å². The van der Waals surface area contributed by atoms with E-state index < -0.39 is 86.9 Å². The van der Waals surface area contributed by atoms with Gasteiger partial charge in [0.1, 0.15) is 45.6 Å². The van der Waals surface area contributed by atoms with Gasteiger partial charge in [0, 0.05) is 6.07 Å². The summed E-state index contributed by atoms with van der Waals surface area (Å²) in [6, 6.07) is 1.60. The van der Waals surface area contributed by atoms with Gasteiger partial charge in [0.05, 0.1) is 0 Å². The third-order valence-electron chi connectivity index (χ3n) is 4.38. The molecule has 0 aliphatic heterocycles. The molecule has 0 atom stereocenters. The number of rotatable bonds is 4. The molecule has 0 unspecified atom stereocenters. The van der Waals surface area contributed by atoms with Crippen LogP contribution >= 0.6 is 0 Å². The first-order chi connectivity index (χ1) is 16.0. The Balaban J connectivity index is 2.30. The lowest BCUT2D eigenvalue weighted by Crippen LogP contribution is -2.18. The summed E-state index contributed by atoms with van der Waals surface area (Å²) in [7, 11) is 0. The maximum absolute atomic E-state index is 14.7. The summed E-state index contributed by atoms with van der Waals surface area (Å²) in [5.41, 5.74) is 2.41. The van der Waals surface area contributed by atoms with E-state index in [0.717, 1.165) is 0 Å². The fourth-order valence-electron chi connectivity index (χ4n) is 2.79. The maximum Gasteiger partial charge on any atom is 0.422 e. The van der Waals surface area contributed by atoms with Gasteiger partial charge in [-0.05, 0) is 24.3 Å². The van der Waals surface area contributed by atoms with Gasteiger partial charge >= 0.3 is 12.4 Å². The molecule has 0 aliphatic carbocycles. The lowest BCUT2D eigenvalue weighted by Gasteiger charge is -2.21. The summed E-state index contributed by atoms with van der Waals surface area (Å²) < 4.78 is 160. The number of halogens is 11. The Morgan fingerprint density at radius 1 is 0.514 bits per heavy atom. The molecule has 0 bridgehead atoms. The van der Waals surface area contributed by atoms with Crippen molar-refractivity contribution in [3.8, 4) is 23.0 Å². The highest BCUT2D eigenvalue weighted by Crippen LogP contribution is 2.50. The molecule has 0 saturated carbocycles. The lowest BCUT2D eigenvalue weighted by atomic mass is 10.1. The molecule has 0 fully saturated rings. The second-order valence-electron chi connectivity index (χ2n) is 6.68. The highest BCUT2D eigenvalue weighted by molar-refractivity contribution is 5.56. The van der Waals surface area contributed by atoms with E-state index in [0.29, 0.717) is 24.3 Å². The number of hydrogen-bond acceptors (Lipinski definition) is 4. The van der Waals surface area contributed by atoms with E-state index in [1.54, 1.807) is 0 Å². The van der Waals surface area contributed by atoms with Gasteiger partial charge in [-0.2, -0.15) is 26.3 Å². The molecule has 188 valence electrons. The van der Waals surface area contributed by atoms with E-state index in [4.69, 9.17) is 11.5 Å². The van der Waals surface area contributed by atoms with Crippen molar-refractivity contribution in [2.24, 2.45) is 0 Å². The van der Waals surface area contributed by atoms with Crippen molar-refractivity contribution in [1.29, 1.82) is 0 Å². The van der Waals surface area contributed by atoms with E-state index in [9.17, 15) is 48.3 Å². The topological polar surface area (TPSA) is 70.5 Å². The number of anilines is 2. The molecule has 0 spiro atoms. The van der Waals surface area contributed by atoms with Gasteiger partial charge in [-0.3, -0.25) is 0 Å². The van der Waals surface area contributed by atoms with E-state index in [1.165, 1.54) is 0 Å². The average molecular weight is 518 g/mol. The van der Waals surface area contributed by atoms with Crippen LogP contribution in [0.15, 0.2) is 30.3 Å². The average Bonchev–Trinajstić information content (AvgIpc) is 2.72. The summed E-state index contributed by atoms with van der Waals surface area (Å²) in [4.78, 5) is 0. The minimum atomic E-state index is -5.84. The first-order valence-corrected chi connectivity index (χ1v) is 8.87. The minimum Gasteiger partial charge on any atom is -0.453 e. The van der Waals surface area contributed by atoms with E-state index in [-0.39, 0.29) is 6.07 Å². The summed E-state index contributed by atoms with van der Waals surface area (Å²) in [6.45, 7) is 0. The van der Waals surface area contributed by atoms with Gasteiger partial charge in [0.2, 0.25) is 0 Å². The van der Waals surface area contributed by atoms with Gasteiger partial charge in [0.15, 0.2) is 29.0 Å². The van der Waals surface area contributed by atoms with Crippen molar-refractivity contribution >= 4 is 11.4 Å². The van der Waals surface area contributed by atoms with E-state index in [1.807, 2.05) is 0 Å². The monoisotopic (exact) mass is 518 g/mol. The zero-order valence-electron chi connectivity index (χ0n) is 16.5. The van der Waals surface area contributed by atoms with Crippen molar-refractivity contribution in [1.82, 2.24) is 0 Å². The normalized spacial score (nSPS) is 12.1. The van der Waals surface area contributed by atoms with Gasteiger partial charge in [-0.25, -0.2) is 22.0 Å². The summed E-state index contributed by atoms with van der Waals surface area (Å²) >= 11 is 0. The Labute approximate surface area is 187 Å². The van der Waals surface area contributed by atoms with Crippen LogP contribution in [-0.4, -0.2) is 0 Å². The Hall–Kier alpha value is -3.91. The third-order valence-corrected chi connectivity index (χ3v) is 4.38. The first kappa shape index (κ1) is 25.7. The molecule has 0 heterocycles. The largest absolute Gasteiger partial charge is 0.453 e. The van der Waals surface area contributed by atoms with Crippen molar-refractivity contribution in [2.75, 3.05) is 11.5 Å². The van der Waals surface area contributed by atoms with Crippen LogP contribution in [0, 0.1) is 29.1 Å². The molecule has 15 heteroatoms. The van der Waals surface area contributed by atoms with Crippen LogP contribution in [-0.2, 0) is 12.4 Å². The highest BCUT2D eigenvalue weighted by Gasteiger charge is 2.47. The van der Waals surface area contributed by atoms with E-state index >= 15 is 0 Å². The van der Waals surface area contributed by atoms with Crippen LogP contribution in [0.5, 0.6) is 23.0 Å². The van der Waals surface area contributed by atoms with Crippen LogP contribution in [0.2, 0.25) is 0 Å². The maximum atomic E-state index is 14.7. The van der Waals surface area contributed by atoms with Crippen LogP contribution in [0.3, 0.4) is 0 Å². The van der Waals surface area contributed by atoms with Gasteiger partial charge < -0.3 is 20.9 Å². The second kappa shape index (κ2) is 8.70. The zero-order chi connectivity index (χ0) is 26.5. The summed E-state index contributed by atoms with van der Waals surface area (Å²) in [5.74, 6) is -15.2. The SMILES string of the molecule is Nc1c(F)ccc(Oc2cc(Oc3ccc(F)c(N)c3F)c(C(F)(F)F)c(F)c2C(F)(F)F)c1F. The van der Waals surface area contributed by atoms with Crippen LogP contribution in [0.25, 0.3) is 0 Å². The molecule has 3 aromatic carbocycles. The molecular weight excluding hydrogens is 509 g/mol. The summed E-state index contributed by atoms with van der Waals surface area (Å²) in [6.07, 6.45) is -11.7. The molecule has 0 aliphatic rings. The summed E-state index contributed by atoms with van der Waals surface area (Å²) in [5, 5.41) is 0. The minimum absolute atomic E-state index is 0.160. The molecule has 35 heavy (non-hydrogen) atoms. The molecule has 3 aromatic rings. The fourth-order valence-corrected chi connectivity index (χ4v) is 2.79. The predicted molar refractivity (Wildman–Crippen MR) is 98.1 cm³/mol. The zero-order valence-corrected chi connectivity index (χ0v) is 16.5. The quantitative estimate of drug-likeness (QED) is 0.284. The third kappa shape index (κ3) is 4.83. The number of benzene rings is 3. The van der Waals surface area contributed by atoms with Crippen molar-refractivity contribution in [2.45, 2.75) is 12.4 Å². The van der Waals surface area contributed by atoms with Crippen LogP contribution in [0.4, 0.5) is 59.7 Å². The molecule has 3 rings (SSSR count). The number of hydrogen-bond donors (Lipinski definition) is 2. The predicted octanol–water partition coefficient (Wildman–Crippen LogP) is 7.17. The van der Waals surface area contributed by atoms with Gasteiger partial charge in [0.25, 0.3) is 0 Å². The standard InChI is InChI=1S/C20H9F11N2O2/c21-6-1-3-8(14(23)17(6)32)34-10-5-11(35-9-4-2-7(22)18(33)15(9)24)13(20(29,30)31)16(25)12(10)19(26,27)28/h1-5H,32-33H2. The highest BCUT2D eigenvalue weighted by atomic mass is 19.4. The Kier molecular flexibility index (Phi) is 6.39. The molecular formula is C20H9F11N2O2. The lowest BCUT2D eigenvalue weighted by molar-refractivity contribution is -0.148. The van der Waals surface area contributed by atoms with Crippen LogP contribution in [0.1, 0.15) is 11.1 Å². The van der Waals surface area contributed by atoms with Gasteiger partial charge in [-0.1, -0.05) is 0 Å². The first-order valence-electron chi connectivity index (χ1n) is 8.87. The second-order valence-corrected chi connectivity index (χ2v) is 6.68. The Morgan fingerprint density at radius 3 is 1.17 bits per heavy atom. The van der Waals surface area contributed by atoms with Crippen LogP contribution < -0.4 is 20.9 Å². The molecule has 4 N–H and O–H groups in total. The van der Waals surface area contributed by atoms with E-state index in [2.05, 4.69) is 9.47 Å². The molecule has 0 saturated heterocycles. The van der Waals surface area contributed by atoms with Crippen molar-refractivity contribution in [3.05, 3.63) is 70.5 Å². The number of ether oxygens (including phenoxy) is 2. The number of nitrogens with two attached hydrogens (primary N) is 2. The number of alkyl halides is 6. The van der Waals surface area contributed by atoms with Crippen molar-refractivity contribution in [3.63, 3.8) is 0 Å². The Bertz CT molecular complexity index is 1210. The Morgan fingerprint density at radius 2 is 0.857 bits per heavy atom. The molecule has 0 radical (unpaired) electrons.